The summed E-state index contributed by atoms with van der Waals surface area (Å²) >= 11 is 1.40. The Balaban J connectivity index is 2.12. The van der Waals surface area contributed by atoms with E-state index in [1.807, 2.05) is 45.0 Å². The standard InChI is InChI=1S/C13H15N3OS/c1-8-4-6-11(7-5-8)9(2)15-16-13-14-12(17)10(3)18-13/h4-7,10H,1-3H3,(H,14,16,17). The molecule has 94 valence electrons. The van der Waals surface area contributed by atoms with Gasteiger partial charge >= 0.3 is 0 Å². The molecule has 0 spiro atoms. The summed E-state index contributed by atoms with van der Waals surface area (Å²) in [5.41, 5.74) is 3.08. The minimum absolute atomic E-state index is 0.0121. The first-order valence-corrected chi connectivity index (χ1v) is 6.61. The Morgan fingerprint density at radius 2 is 2.00 bits per heavy atom. The first-order chi connectivity index (χ1) is 8.56. The molecule has 1 aliphatic rings. The Labute approximate surface area is 111 Å². The largest absolute Gasteiger partial charge is 0.303 e. The summed E-state index contributed by atoms with van der Waals surface area (Å²) in [7, 11) is 0. The average Bonchev–Trinajstić information content (AvgIpc) is 2.67. The SMILES string of the molecule is CC(=NN=C1NC(=O)C(C)S1)c1ccc(C)cc1. The van der Waals surface area contributed by atoms with E-state index in [1.54, 1.807) is 0 Å². The van der Waals surface area contributed by atoms with Crippen molar-refractivity contribution in [2.24, 2.45) is 10.2 Å². The maximum Gasteiger partial charge on any atom is 0.239 e. The zero-order chi connectivity index (χ0) is 13.1. The third kappa shape index (κ3) is 2.98. The number of thioether (sulfide) groups is 1. The summed E-state index contributed by atoms with van der Waals surface area (Å²) in [4.78, 5) is 11.3. The highest BCUT2D eigenvalue weighted by Gasteiger charge is 2.25. The number of hydrogen-bond donors (Lipinski definition) is 1. The molecule has 4 nitrogen and oxygen atoms in total. The van der Waals surface area contributed by atoms with Crippen molar-refractivity contribution in [3.05, 3.63) is 35.4 Å². The number of benzene rings is 1. The number of nitrogens with one attached hydrogen (secondary N) is 1. The van der Waals surface area contributed by atoms with E-state index in [9.17, 15) is 4.79 Å². The fraction of sp³-hybridized carbons (Fsp3) is 0.308. The normalized spacial score (nSPS) is 22.4. The van der Waals surface area contributed by atoms with Gasteiger partial charge in [0.05, 0.1) is 11.0 Å². The van der Waals surface area contributed by atoms with Crippen molar-refractivity contribution in [3.63, 3.8) is 0 Å². The summed E-state index contributed by atoms with van der Waals surface area (Å²) in [6, 6.07) is 8.10. The van der Waals surface area contributed by atoms with E-state index in [2.05, 4.69) is 15.5 Å². The van der Waals surface area contributed by atoms with Crippen LogP contribution in [0.4, 0.5) is 0 Å². The molecular formula is C13H15N3OS. The van der Waals surface area contributed by atoms with Gasteiger partial charge in [-0.3, -0.25) is 4.79 Å². The number of carbonyl (C=O) groups is 1. The second-order valence-corrected chi connectivity index (χ2v) is 5.54. The van der Waals surface area contributed by atoms with Crippen molar-refractivity contribution in [3.8, 4) is 0 Å². The van der Waals surface area contributed by atoms with Crippen LogP contribution in [-0.4, -0.2) is 22.0 Å². The Morgan fingerprint density at radius 3 is 2.56 bits per heavy atom. The number of hydrogen-bond acceptors (Lipinski definition) is 4. The zero-order valence-electron chi connectivity index (χ0n) is 10.6. The topological polar surface area (TPSA) is 53.8 Å². The molecule has 1 heterocycles. The van der Waals surface area contributed by atoms with Crippen LogP contribution in [0.1, 0.15) is 25.0 Å². The van der Waals surface area contributed by atoms with Crippen LogP contribution in [0.15, 0.2) is 34.5 Å². The third-order valence-electron chi connectivity index (χ3n) is 2.65. The van der Waals surface area contributed by atoms with E-state index >= 15 is 0 Å². The van der Waals surface area contributed by atoms with Crippen LogP contribution in [0.3, 0.4) is 0 Å². The molecule has 18 heavy (non-hydrogen) atoms. The van der Waals surface area contributed by atoms with Gasteiger partial charge in [0.1, 0.15) is 0 Å². The van der Waals surface area contributed by atoms with Crippen LogP contribution < -0.4 is 5.32 Å². The van der Waals surface area contributed by atoms with Crippen LogP contribution in [-0.2, 0) is 4.79 Å². The summed E-state index contributed by atoms with van der Waals surface area (Å²) in [5, 5.41) is 11.4. The van der Waals surface area contributed by atoms with Gasteiger partial charge in [0.15, 0.2) is 5.17 Å². The molecule has 0 saturated carbocycles. The average molecular weight is 261 g/mol. The molecule has 0 aliphatic carbocycles. The highest BCUT2D eigenvalue weighted by Crippen LogP contribution is 2.18. The van der Waals surface area contributed by atoms with Gasteiger partial charge in [0.2, 0.25) is 5.91 Å². The number of rotatable bonds is 2. The molecule has 1 aromatic rings. The first kappa shape index (κ1) is 12.8. The van der Waals surface area contributed by atoms with E-state index in [0.29, 0.717) is 5.17 Å². The maximum absolute atomic E-state index is 11.3. The van der Waals surface area contributed by atoms with Gasteiger partial charge in [-0.1, -0.05) is 41.6 Å². The van der Waals surface area contributed by atoms with Crippen LogP contribution in [0.25, 0.3) is 0 Å². The van der Waals surface area contributed by atoms with Gasteiger partial charge in [-0.25, -0.2) is 0 Å². The minimum Gasteiger partial charge on any atom is -0.303 e. The minimum atomic E-state index is -0.0846. The fourth-order valence-electron chi connectivity index (χ4n) is 1.48. The smallest absolute Gasteiger partial charge is 0.239 e. The first-order valence-electron chi connectivity index (χ1n) is 5.73. The highest BCUT2D eigenvalue weighted by atomic mass is 32.2. The second-order valence-electron chi connectivity index (χ2n) is 4.21. The predicted molar refractivity (Wildman–Crippen MR) is 76.0 cm³/mol. The number of amides is 1. The molecule has 1 amide bonds. The molecule has 1 saturated heterocycles. The quantitative estimate of drug-likeness (QED) is 0.656. The Hall–Kier alpha value is -1.62. The van der Waals surface area contributed by atoms with Gasteiger partial charge in [-0.05, 0) is 26.3 Å². The van der Waals surface area contributed by atoms with Gasteiger partial charge in [0.25, 0.3) is 0 Å². The summed E-state index contributed by atoms with van der Waals surface area (Å²) in [6.07, 6.45) is 0. The van der Waals surface area contributed by atoms with Crippen molar-refractivity contribution in [2.45, 2.75) is 26.0 Å². The van der Waals surface area contributed by atoms with E-state index in [0.717, 1.165) is 11.3 Å². The number of carbonyl (C=O) groups excluding carboxylic acids is 1. The Morgan fingerprint density at radius 1 is 1.33 bits per heavy atom. The van der Waals surface area contributed by atoms with Crippen LogP contribution in [0, 0.1) is 6.92 Å². The molecular weight excluding hydrogens is 246 g/mol. The van der Waals surface area contributed by atoms with Gasteiger partial charge in [0, 0.05) is 0 Å². The molecule has 1 fully saturated rings. The molecule has 1 aromatic carbocycles. The number of aryl methyl sites for hydroxylation is 1. The number of nitrogens with zero attached hydrogens (tertiary/aromatic N) is 2. The Bertz CT molecular complexity index is 520. The zero-order valence-corrected chi connectivity index (χ0v) is 11.4. The van der Waals surface area contributed by atoms with Crippen LogP contribution >= 0.6 is 11.8 Å². The molecule has 1 N–H and O–H groups in total. The second kappa shape index (κ2) is 5.35. The van der Waals surface area contributed by atoms with E-state index in [4.69, 9.17) is 0 Å². The van der Waals surface area contributed by atoms with Crippen molar-refractivity contribution < 1.29 is 4.79 Å². The van der Waals surface area contributed by atoms with Crippen molar-refractivity contribution in [2.75, 3.05) is 0 Å². The van der Waals surface area contributed by atoms with Crippen LogP contribution in [0.5, 0.6) is 0 Å². The predicted octanol–water partition coefficient (Wildman–Crippen LogP) is 2.33. The fourth-order valence-corrected chi connectivity index (χ4v) is 2.23. The lowest BCUT2D eigenvalue weighted by Gasteiger charge is -1.99. The molecule has 5 heteroatoms. The summed E-state index contributed by atoms with van der Waals surface area (Å²) in [6.45, 7) is 5.79. The molecule has 1 atom stereocenters. The maximum atomic E-state index is 11.3. The third-order valence-corrected chi connectivity index (χ3v) is 3.62. The van der Waals surface area contributed by atoms with Crippen molar-refractivity contribution in [1.82, 2.24) is 5.32 Å². The highest BCUT2D eigenvalue weighted by molar-refractivity contribution is 8.15. The van der Waals surface area contributed by atoms with Crippen molar-refractivity contribution in [1.29, 1.82) is 0 Å². The van der Waals surface area contributed by atoms with Crippen molar-refractivity contribution >= 4 is 28.5 Å². The van der Waals surface area contributed by atoms with Gasteiger partial charge < -0.3 is 5.32 Å². The van der Waals surface area contributed by atoms with Crippen LogP contribution in [0.2, 0.25) is 0 Å². The van der Waals surface area contributed by atoms with Gasteiger partial charge in [-0.2, -0.15) is 5.10 Å². The molecule has 0 aromatic heterocycles. The number of amidine groups is 1. The lowest BCUT2D eigenvalue weighted by Crippen LogP contribution is -2.23. The lowest BCUT2D eigenvalue weighted by atomic mass is 10.1. The molecule has 1 aliphatic heterocycles. The Kier molecular flexibility index (Phi) is 3.81. The summed E-state index contributed by atoms with van der Waals surface area (Å²) in [5.74, 6) is -0.0121. The monoisotopic (exact) mass is 261 g/mol. The van der Waals surface area contributed by atoms with E-state index < -0.39 is 0 Å². The molecule has 0 radical (unpaired) electrons. The lowest BCUT2D eigenvalue weighted by molar-refractivity contribution is -0.118. The summed E-state index contributed by atoms with van der Waals surface area (Å²) < 4.78 is 0. The van der Waals surface area contributed by atoms with E-state index in [-0.39, 0.29) is 11.2 Å². The van der Waals surface area contributed by atoms with Gasteiger partial charge in [-0.15, -0.1) is 5.10 Å². The van der Waals surface area contributed by atoms with E-state index in [1.165, 1.54) is 17.3 Å². The molecule has 0 bridgehead atoms. The molecule has 2 rings (SSSR count). The molecule has 1 unspecified atom stereocenters.